The second-order valence-electron chi connectivity index (χ2n) is 7.71. The number of aliphatic hydroxyl groups excluding tert-OH is 1. The highest BCUT2D eigenvalue weighted by Crippen LogP contribution is 2.30. The first kappa shape index (κ1) is 20.5. The normalized spacial score (nSPS) is 20.1. The monoisotopic (exact) mass is 406 g/mol. The van der Waals surface area contributed by atoms with Gasteiger partial charge in [0.05, 0.1) is 25.5 Å². The Labute approximate surface area is 168 Å². The lowest BCUT2D eigenvalue weighted by atomic mass is 9.97. The molecule has 152 valence electrons. The third-order valence-electron chi connectivity index (χ3n) is 4.17. The molecule has 1 atom stereocenters. The van der Waals surface area contributed by atoms with E-state index in [0.29, 0.717) is 18.1 Å². The highest BCUT2D eigenvalue weighted by Gasteiger charge is 2.42. The first-order chi connectivity index (χ1) is 13.2. The molecule has 3 rings (SSSR count). The Hall–Kier alpha value is -2.23. The molecule has 2 aromatic rings. The average Bonchev–Trinajstić information content (AvgIpc) is 3.05. The zero-order chi connectivity index (χ0) is 20.4. The number of ether oxygens (including phenoxy) is 2. The van der Waals surface area contributed by atoms with Gasteiger partial charge in [-0.1, -0.05) is 6.07 Å². The van der Waals surface area contributed by atoms with Gasteiger partial charge in [0.15, 0.2) is 10.7 Å². The molecule has 0 radical (unpaired) electrons. The summed E-state index contributed by atoms with van der Waals surface area (Å²) in [6.07, 6.45) is 1.36. The molecule has 1 aliphatic rings. The van der Waals surface area contributed by atoms with Gasteiger partial charge in [-0.3, -0.25) is 0 Å². The molecule has 1 saturated heterocycles. The van der Waals surface area contributed by atoms with Crippen molar-refractivity contribution >= 4 is 28.4 Å². The fraction of sp³-hybridized carbons (Fsp3) is 0.526. The summed E-state index contributed by atoms with van der Waals surface area (Å²) < 4.78 is 11.4. The van der Waals surface area contributed by atoms with Crippen LogP contribution in [0.15, 0.2) is 24.4 Å². The van der Waals surface area contributed by atoms with E-state index in [1.54, 1.807) is 17.2 Å². The molecular weight excluding hydrogens is 380 g/mol. The number of carbonyl (C=O) groups excluding carboxylic acids is 1. The maximum absolute atomic E-state index is 12.5. The van der Waals surface area contributed by atoms with Crippen LogP contribution >= 0.6 is 11.3 Å². The summed E-state index contributed by atoms with van der Waals surface area (Å²) in [5, 5.41) is 14.0. The number of hydrogen-bond donors (Lipinski definition) is 2. The number of carbonyl (C=O) groups is 1. The number of aromatic nitrogens is 2. The Bertz CT molecular complexity index is 835. The maximum atomic E-state index is 12.5. The molecule has 2 N–H and O–H groups in total. The zero-order valence-electron chi connectivity index (χ0n) is 16.6. The fourth-order valence-corrected chi connectivity index (χ4v) is 3.55. The van der Waals surface area contributed by atoms with Crippen molar-refractivity contribution in [2.24, 2.45) is 0 Å². The molecule has 9 heteroatoms. The summed E-state index contributed by atoms with van der Waals surface area (Å²) in [6.45, 7) is 7.97. The van der Waals surface area contributed by atoms with Crippen molar-refractivity contribution in [3.05, 3.63) is 35.0 Å². The Morgan fingerprint density at radius 2 is 2.25 bits per heavy atom. The van der Waals surface area contributed by atoms with Crippen LogP contribution in [0.5, 0.6) is 0 Å². The van der Waals surface area contributed by atoms with Crippen molar-refractivity contribution in [2.45, 2.75) is 38.9 Å². The number of hydrogen-bond acceptors (Lipinski definition) is 8. The molecule has 3 heterocycles. The molecule has 0 bridgehead atoms. The number of amides is 1. The second kappa shape index (κ2) is 8.02. The van der Waals surface area contributed by atoms with Crippen LogP contribution in [0.4, 0.5) is 15.7 Å². The number of aryl methyl sites for hydroxylation is 1. The summed E-state index contributed by atoms with van der Waals surface area (Å²) in [4.78, 5) is 24.0. The second-order valence-corrected chi connectivity index (χ2v) is 8.95. The number of thiazole rings is 1. The topological polar surface area (TPSA) is 96.8 Å². The van der Waals surface area contributed by atoms with E-state index in [4.69, 9.17) is 9.47 Å². The number of anilines is 2. The molecule has 0 aliphatic carbocycles. The summed E-state index contributed by atoms with van der Waals surface area (Å²) in [5.74, 6) is 0.595. The van der Waals surface area contributed by atoms with Crippen molar-refractivity contribution in [2.75, 3.05) is 31.6 Å². The van der Waals surface area contributed by atoms with Gasteiger partial charge in [0.1, 0.15) is 11.4 Å². The number of rotatable bonds is 4. The number of nitrogens with one attached hydrogen (secondary N) is 1. The van der Waals surface area contributed by atoms with Gasteiger partial charge >= 0.3 is 6.09 Å². The highest BCUT2D eigenvalue weighted by atomic mass is 32.1. The SMILES string of the molecule is Cc1cnc(Nc2cccc([C@@]3(CO)CN(C(=O)OC(C)(C)C)CCO3)n2)s1. The van der Waals surface area contributed by atoms with Crippen molar-refractivity contribution in [1.82, 2.24) is 14.9 Å². The molecule has 0 saturated carbocycles. The summed E-state index contributed by atoms with van der Waals surface area (Å²) in [7, 11) is 0. The zero-order valence-corrected chi connectivity index (χ0v) is 17.4. The minimum absolute atomic E-state index is 0.158. The van der Waals surface area contributed by atoms with Gasteiger partial charge in [-0.2, -0.15) is 0 Å². The molecule has 0 unspecified atom stereocenters. The summed E-state index contributed by atoms with van der Waals surface area (Å²) in [6, 6.07) is 5.44. The van der Waals surface area contributed by atoms with E-state index in [2.05, 4.69) is 15.3 Å². The maximum Gasteiger partial charge on any atom is 0.410 e. The smallest absolute Gasteiger partial charge is 0.410 e. The van der Waals surface area contributed by atoms with E-state index in [0.717, 1.165) is 10.0 Å². The van der Waals surface area contributed by atoms with Gasteiger partial charge in [0.2, 0.25) is 0 Å². The summed E-state index contributed by atoms with van der Waals surface area (Å²) in [5.41, 5.74) is -1.15. The number of aliphatic hydroxyl groups is 1. The lowest BCUT2D eigenvalue weighted by Crippen LogP contribution is -2.55. The van der Waals surface area contributed by atoms with Gasteiger partial charge in [-0.25, -0.2) is 14.8 Å². The van der Waals surface area contributed by atoms with Gasteiger partial charge < -0.3 is 24.8 Å². The van der Waals surface area contributed by atoms with Crippen LogP contribution in [0.3, 0.4) is 0 Å². The van der Waals surface area contributed by atoms with Crippen LogP contribution in [0.1, 0.15) is 31.3 Å². The standard InChI is InChI=1S/C19H26N4O4S/c1-13-10-20-16(28-13)22-15-7-5-6-14(21-15)19(12-24)11-23(8-9-26-19)17(25)27-18(2,3)4/h5-7,10,24H,8-9,11-12H2,1-4H3,(H,20,21,22)/t19-/m0/s1. The molecule has 2 aromatic heterocycles. The van der Waals surface area contributed by atoms with Crippen LogP contribution < -0.4 is 5.32 Å². The molecule has 1 aliphatic heterocycles. The predicted octanol–water partition coefficient (Wildman–Crippen LogP) is 3.05. The minimum Gasteiger partial charge on any atom is -0.444 e. The van der Waals surface area contributed by atoms with E-state index in [1.165, 1.54) is 11.3 Å². The quantitative estimate of drug-likeness (QED) is 0.805. The largest absolute Gasteiger partial charge is 0.444 e. The molecule has 1 amide bonds. The Morgan fingerprint density at radius 1 is 1.46 bits per heavy atom. The lowest BCUT2D eigenvalue weighted by molar-refractivity contribution is -0.138. The Kier molecular flexibility index (Phi) is 5.87. The third-order valence-corrected chi connectivity index (χ3v) is 4.99. The third kappa shape index (κ3) is 4.78. The van der Waals surface area contributed by atoms with Gasteiger partial charge in [-0.05, 0) is 39.8 Å². The van der Waals surface area contributed by atoms with Crippen LogP contribution in [-0.4, -0.2) is 58.0 Å². The first-order valence-electron chi connectivity index (χ1n) is 9.10. The lowest BCUT2D eigenvalue weighted by Gasteiger charge is -2.41. The van der Waals surface area contributed by atoms with Crippen molar-refractivity contribution in [3.63, 3.8) is 0 Å². The van der Waals surface area contributed by atoms with Crippen molar-refractivity contribution in [1.29, 1.82) is 0 Å². The van der Waals surface area contributed by atoms with E-state index in [1.807, 2.05) is 39.8 Å². The number of pyridine rings is 1. The number of nitrogens with zero attached hydrogens (tertiary/aromatic N) is 3. The van der Waals surface area contributed by atoms with Crippen LogP contribution in [0.25, 0.3) is 0 Å². The Balaban J connectivity index is 1.81. The van der Waals surface area contributed by atoms with Crippen molar-refractivity contribution in [3.8, 4) is 0 Å². The van der Waals surface area contributed by atoms with E-state index in [9.17, 15) is 9.90 Å². The molecule has 1 fully saturated rings. The van der Waals surface area contributed by atoms with E-state index >= 15 is 0 Å². The highest BCUT2D eigenvalue weighted by molar-refractivity contribution is 7.15. The number of morpholine rings is 1. The van der Waals surface area contributed by atoms with Gasteiger partial charge in [-0.15, -0.1) is 11.3 Å². The van der Waals surface area contributed by atoms with Crippen molar-refractivity contribution < 1.29 is 19.4 Å². The van der Waals surface area contributed by atoms with Crippen LogP contribution in [-0.2, 0) is 15.1 Å². The summed E-state index contributed by atoms with van der Waals surface area (Å²) >= 11 is 1.53. The average molecular weight is 407 g/mol. The Morgan fingerprint density at radius 3 is 2.89 bits per heavy atom. The predicted molar refractivity (Wildman–Crippen MR) is 107 cm³/mol. The van der Waals surface area contributed by atoms with E-state index in [-0.39, 0.29) is 19.8 Å². The molecule has 0 spiro atoms. The van der Waals surface area contributed by atoms with Crippen LogP contribution in [0.2, 0.25) is 0 Å². The first-order valence-corrected chi connectivity index (χ1v) is 9.92. The molecule has 0 aromatic carbocycles. The van der Waals surface area contributed by atoms with Crippen LogP contribution in [0, 0.1) is 6.92 Å². The van der Waals surface area contributed by atoms with E-state index < -0.39 is 17.3 Å². The minimum atomic E-state index is -1.11. The molecular formula is C19H26N4O4S. The van der Waals surface area contributed by atoms with Gasteiger partial charge in [0, 0.05) is 17.6 Å². The fourth-order valence-electron chi connectivity index (χ4n) is 2.88. The molecule has 8 nitrogen and oxygen atoms in total. The van der Waals surface area contributed by atoms with Gasteiger partial charge in [0.25, 0.3) is 0 Å². The molecule has 28 heavy (non-hydrogen) atoms.